The number of hydrogen-bond donors (Lipinski definition) is 1. The Labute approximate surface area is 123 Å². The zero-order valence-corrected chi connectivity index (χ0v) is 13.7. The number of anilines is 1. The Kier molecular flexibility index (Phi) is 4.66. The normalized spacial score (nSPS) is 23.6. The molecule has 0 radical (unpaired) electrons. The highest BCUT2D eigenvalue weighted by Gasteiger charge is 2.25. The summed E-state index contributed by atoms with van der Waals surface area (Å²) >= 11 is 0. The molecular formula is C17H29N3. The van der Waals surface area contributed by atoms with Crippen LogP contribution in [0.5, 0.6) is 0 Å². The SMILES string of the molecule is CCNc1cc(C(C)(C)C)nc(C2CCC(C)CC2)n1. The van der Waals surface area contributed by atoms with Gasteiger partial charge in [-0.15, -0.1) is 0 Å². The molecule has 3 nitrogen and oxygen atoms in total. The van der Waals surface area contributed by atoms with Crippen molar-refractivity contribution in [3.05, 3.63) is 17.6 Å². The van der Waals surface area contributed by atoms with Crippen LogP contribution in [0.4, 0.5) is 5.82 Å². The maximum Gasteiger partial charge on any atom is 0.134 e. The van der Waals surface area contributed by atoms with Crippen molar-refractivity contribution in [3.63, 3.8) is 0 Å². The first-order chi connectivity index (χ1) is 9.40. The van der Waals surface area contributed by atoms with E-state index >= 15 is 0 Å². The molecule has 0 amide bonds. The van der Waals surface area contributed by atoms with E-state index in [2.05, 4.69) is 46.0 Å². The van der Waals surface area contributed by atoms with Crippen LogP contribution in [-0.2, 0) is 5.41 Å². The lowest BCUT2D eigenvalue weighted by Gasteiger charge is -2.27. The molecular weight excluding hydrogens is 246 g/mol. The van der Waals surface area contributed by atoms with Crippen molar-refractivity contribution in [1.29, 1.82) is 0 Å². The van der Waals surface area contributed by atoms with Crippen molar-refractivity contribution in [3.8, 4) is 0 Å². The van der Waals surface area contributed by atoms with E-state index in [0.717, 1.165) is 29.8 Å². The molecule has 0 spiro atoms. The molecule has 0 aliphatic heterocycles. The van der Waals surface area contributed by atoms with Crippen molar-refractivity contribution < 1.29 is 0 Å². The van der Waals surface area contributed by atoms with Crippen LogP contribution in [0, 0.1) is 5.92 Å². The molecule has 1 aromatic heterocycles. The highest BCUT2D eigenvalue weighted by molar-refractivity contribution is 5.38. The molecule has 1 fully saturated rings. The quantitative estimate of drug-likeness (QED) is 0.882. The zero-order valence-electron chi connectivity index (χ0n) is 13.7. The fourth-order valence-corrected chi connectivity index (χ4v) is 2.82. The van der Waals surface area contributed by atoms with Crippen LogP contribution in [0.2, 0.25) is 0 Å². The maximum absolute atomic E-state index is 4.88. The summed E-state index contributed by atoms with van der Waals surface area (Å²) in [6.45, 7) is 12.0. The Morgan fingerprint density at radius 1 is 1.15 bits per heavy atom. The van der Waals surface area contributed by atoms with E-state index in [-0.39, 0.29) is 5.41 Å². The summed E-state index contributed by atoms with van der Waals surface area (Å²) in [5, 5.41) is 3.36. The third kappa shape index (κ3) is 3.71. The van der Waals surface area contributed by atoms with E-state index < -0.39 is 0 Å². The summed E-state index contributed by atoms with van der Waals surface area (Å²) < 4.78 is 0. The summed E-state index contributed by atoms with van der Waals surface area (Å²) in [4.78, 5) is 9.65. The minimum absolute atomic E-state index is 0.0732. The average Bonchev–Trinajstić information content (AvgIpc) is 2.38. The predicted molar refractivity (Wildman–Crippen MR) is 85.3 cm³/mol. The van der Waals surface area contributed by atoms with E-state index in [1.807, 2.05) is 0 Å². The second-order valence-electron chi connectivity index (χ2n) is 7.23. The first-order valence-electron chi connectivity index (χ1n) is 8.03. The summed E-state index contributed by atoms with van der Waals surface area (Å²) in [5.41, 5.74) is 1.22. The second kappa shape index (κ2) is 6.11. The zero-order chi connectivity index (χ0) is 14.8. The fourth-order valence-electron chi connectivity index (χ4n) is 2.82. The predicted octanol–water partition coefficient (Wildman–Crippen LogP) is 4.50. The van der Waals surface area contributed by atoms with E-state index in [4.69, 9.17) is 9.97 Å². The summed E-state index contributed by atoms with van der Waals surface area (Å²) in [6, 6.07) is 2.11. The molecule has 1 aromatic rings. The topological polar surface area (TPSA) is 37.8 Å². The van der Waals surface area contributed by atoms with Gasteiger partial charge in [-0.05, 0) is 25.7 Å². The van der Waals surface area contributed by atoms with Crippen LogP contribution in [-0.4, -0.2) is 16.5 Å². The molecule has 20 heavy (non-hydrogen) atoms. The van der Waals surface area contributed by atoms with Crippen LogP contribution in [0.1, 0.15) is 77.7 Å². The second-order valence-corrected chi connectivity index (χ2v) is 7.23. The minimum Gasteiger partial charge on any atom is -0.370 e. The van der Waals surface area contributed by atoms with Crippen molar-refractivity contribution in [2.75, 3.05) is 11.9 Å². The lowest BCUT2D eigenvalue weighted by molar-refractivity contribution is 0.338. The van der Waals surface area contributed by atoms with Crippen molar-refractivity contribution in [1.82, 2.24) is 9.97 Å². The van der Waals surface area contributed by atoms with Gasteiger partial charge in [-0.3, -0.25) is 0 Å². The molecule has 0 bridgehead atoms. The molecule has 3 heteroatoms. The third-order valence-electron chi connectivity index (χ3n) is 4.25. The van der Waals surface area contributed by atoms with Gasteiger partial charge in [-0.25, -0.2) is 9.97 Å². The van der Waals surface area contributed by atoms with Gasteiger partial charge in [-0.2, -0.15) is 0 Å². The smallest absolute Gasteiger partial charge is 0.134 e. The molecule has 112 valence electrons. The third-order valence-corrected chi connectivity index (χ3v) is 4.25. The molecule has 2 rings (SSSR count). The fraction of sp³-hybridized carbons (Fsp3) is 0.765. The first-order valence-corrected chi connectivity index (χ1v) is 8.03. The maximum atomic E-state index is 4.88. The molecule has 0 aromatic carbocycles. The van der Waals surface area contributed by atoms with Gasteiger partial charge in [0.25, 0.3) is 0 Å². The van der Waals surface area contributed by atoms with Crippen molar-refractivity contribution in [2.24, 2.45) is 5.92 Å². The summed E-state index contributed by atoms with van der Waals surface area (Å²) in [6.07, 6.45) is 5.09. The number of nitrogens with zero attached hydrogens (tertiary/aromatic N) is 2. The standard InChI is InChI=1S/C17H29N3/c1-6-18-15-11-14(17(3,4)5)19-16(20-15)13-9-7-12(2)8-10-13/h11-13H,6-10H2,1-5H3,(H,18,19,20). The Balaban J connectivity index is 2.29. The van der Waals surface area contributed by atoms with E-state index in [1.54, 1.807) is 0 Å². The number of aromatic nitrogens is 2. The van der Waals surface area contributed by atoms with Crippen LogP contribution in [0.3, 0.4) is 0 Å². The number of rotatable bonds is 3. The van der Waals surface area contributed by atoms with Gasteiger partial charge in [0.2, 0.25) is 0 Å². The van der Waals surface area contributed by atoms with Gasteiger partial charge < -0.3 is 5.32 Å². The Morgan fingerprint density at radius 2 is 1.80 bits per heavy atom. The molecule has 1 N–H and O–H groups in total. The lowest BCUT2D eigenvalue weighted by Crippen LogP contribution is -2.20. The highest BCUT2D eigenvalue weighted by Crippen LogP contribution is 2.35. The first kappa shape index (κ1) is 15.3. The van der Waals surface area contributed by atoms with Crippen LogP contribution >= 0.6 is 0 Å². The minimum atomic E-state index is 0.0732. The molecule has 1 aliphatic carbocycles. The molecule has 0 atom stereocenters. The van der Waals surface area contributed by atoms with Gasteiger partial charge in [0.1, 0.15) is 11.6 Å². The molecule has 1 aliphatic rings. The van der Waals surface area contributed by atoms with Gasteiger partial charge in [0.15, 0.2) is 0 Å². The largest absolute Gasteiger partial charge is 0.370 e. The Bertz CT molecular complexity index is 440. The Morgan fingerprint density at radius 3 is 2.35 bits per heavy atom. The van der Waals surface area contributed by atoms with Crippen LogP contribution < -0.4 is 5.32 Å². The monoisotopic (exact) mass is 275 g/mol. The van der Waals surface area contributed by atoms with Crippen molar-refractivity contribution in [2.45, 2.75) is 71.6 Å². The average molecular weight is 275 g/mol. The highest BCUT2D eigenvalue weighted by atomic mass is 15.0. The van der Waals surface area contributed by atoms with E-state index in [0.29, 0.717) is 5.92 Å². The van der Waals surface area contributed by atoms with Gasteiger partial charge in [-0.1, -0.05) is 40.5 Å². The van der Waals surface area contributed by atoms with Gasteiger partial charge in [0, 0.05) is 23.9 Å². The summed E-state index contributed by atoms with van der Waals surface area (Å²) in [5.74, 6) is 3.46. The molecule has 0 saturated heterocycles. The van der Waals surface area contributed by atoms with Gasteiger partial charge in [0.05, 0.1) is 5.69 Å². The van der Waals surface area contributed by atoms with Crippen LogP contribution in [0.25, 0.3) is 0 Å². The van der Waals surface area contributed by atoms with E-state index in [1.165, 1.54) is 25.7 Å². The van der Waals surface area contributed by atoms with Gasteiger partial charge >= 0.3 is 0 Å². The summed E-state index contributed by atoms with van der Waals surface area (Å²) in [7, 11) is 0. The molecule has 1 heterocycles. The van der Waals surface area contributed by atoms with E-state index in [9.17, 15) is 0 Å². The Hall–Kier alpha value is -1.12. The molecule has 0 unspecified atom stereocenters. The lowest BCUT2D eigenvalue weighted by atomic mass is 9.82. The number of hydrogen-bond acceptors (Lipinski definition) is 3. The van der Waals surface area contributed by atoms with Crippen molar-refractivity contribution >= 4 is 5.82 Å². The van der Waals surface area contributed by atoms with Crippen LogP contribution in [0.15, 0.2) is 6.07 Å². The number of nitrogens with one attached hydrogen (secondary N) is 1. The molecule has 1 saturated carbocycles.